The van der Waals surface area contributed by atoms with Crippen molar-refractivity contribution in [2.45, 2.75) is 38.1 Å². The Morgan fingerprint density at radius 2 is 1.73 bits per heavy atom. The van der Waals surface area contributed by atoms with Crippen LogP contribution in [0.1, 0.15) is 26.3 Å². The summed E-state index contributed by atoms with van der Waals surface area (Å²) in [6.07, 6.45) is 0.915. The van der Waals surface area contributed by atoms with Crippen molar-refractivity contribution >= 4 is 10.0 Å². The van der Waals surface area contributed by atoms with Gasteiger partial charge in [0.25, 0.3) is 0 Å². The second-order valence-electron chi connectivity index (χ2n) is 3.77. The van der Waals surface area contributed by atoms with Gasteiger partial charge in [-0.1, -0.05) is 19.1 Å². The maximum absolute atomic E-state index is 11.7. The topological polar surface area (TPSA) is 46.2 Å². The van der Waals surface area contributed by atoms with E-state index in [2.05, 4.69) is 4.72 Å². The SMILES string of the molecule is CCc1ccc(S(=O)(=O)NC(C)C)cc1. The summed E-state index contributed by atoms with van der Waals surface area (Å²) in [5, 5.41) is 0. The number of benzene rings is 1. The highest BCUT2D eigenvalue weighted by Gasteiger charge is 2.14. The van der Waals surface area contributed by atoms with Crippen molar-refractivity contribution in [1.82, 2.24) is 4.72 Å². The molecule has 0 aliphatic carbocycles. The van der Waals surface area contributed by atoms with Crippen LogP contribution in [0.15, 0.2) is 29.2 Å². The van der Waals surface area contributed by atoms with E-state index in [9.17, 15) is 8.42 Å². The minimum atomic E-state index is -3.33. The van der Waals surface area contributed by atoms with E-state index in [0.29, 0.717) is 4.90 Å². The predicted molar refractivity (Wildman–Crippen MR) is 61.3 cm³/mol. The van der Waals surface area contributed by atoms with Crippen LogP contribution in [0.3, 0.4) is 0 Å². The number of sulfonamides is 1. The fourth-order valence-corrected chi connectivity index (χ4v) is 2.53. The highest BCUT2D eigenvalue weighted by atomic mass is 32.2. The molecule has 0 heterocycles. The van der Waals surface area contributed by atoms with Crippen molar-refractivity contribution in [3.8, 4) is 0 Å². The molecule has 3 nitrogen and oxygen atoms in total. The van der Waals surface area contributed by atoms with Crippen LogP contribution in [-0.2, 0) is 16.4 Å². The molecule has 0 saturated carbocycles. The number of rotatable bonds is 4. The first-order valence-corrected chi connectivity index (χ1v) is 6.55. The van der Waals surface area contributed by atoms with Gasteiger partial charge in [-0.3, -0.25) is 0 Å². The van der Waals surface area contributed by atoms with E-state index in [4.69, 9.17) is 0 Å². The molecule has 1 N–H and O–H groups in total. The Bertz CT molecular complexity index is 407. The number of nitrogens with one attached hydrogen (secondary N) is 1. The summed E-state index contributed by atoms with van der Waals surface area (Å²) in [6.45, 7) is 5.64. The van der Waals surface area contributed by atoms with Gasteiger partial charge in [-0.05, 0) is 38.0 Å². The van der Waals surface area contributed by atoms with E-state index >= 15 is 0 Å². The molecule has 0 aliphatic rings. The molecule has 1 aromatic rings. The molecule has 0 saturated heterocycles. The monoisotopic (exact) mass is 227 g/mol. The van der Waals surface area contributed by atoms with Crippen molar-refractivity contribution in [1.29, 1.82) is 0 Å². The highest BCUT2D eigenvalue weighted by molar-refractivity contribution is 7.89. The molecule has 4 heteroatoms. The third-order valence-corrected chi connectivity index (χ3v) is 3.71. The summed E-state index contributed by atoms with van der Waals surface area (Å²) in [6, 6.07) is 6.89. The summed E-state index contributed by atoms with van der Waals surface area (Å²) in [5.41, 5.74) is 1.14. The first-order chi connectivity index (χ1) is 6.95. The van der Waals surface area contributed by atoms with Gasteiger partial charge in [0.2, 0.25) is 10.0 Å². The van der Waals surface area contributed by atoms with Gasteiger partial charge in [0, 0.05) is 6.04 Å². The second-order valence-corrected chi connectivity index (χ2v) is 5.49. The van der Waals surface area contributed by atoms with Gasteiger partial charge in [-0.15, -0.1) is 0 Å². The van der Waals surface area contributed by atoms with E-state index in [1.807, 2.05) is 19.1 Å². The van der Waals surface area contributed by atoms with Crippen LogP contribution in [0.25, 0.3) is 0 Å². The second kappa shape index (κ2) is 4.77. The average molecular weight is 227 g/mol. The molecule has 15 heavy (non-hydrogen) atoms. The zero-order valence-corrected chi connectivity index (χ0v) is 10.1. The van der Waals surface area contributed by atoms with Crippen LogP contribution in [-0.4, -0.2) is 14.5 Å². The third kappa shape index (κ3) is 3.32. The molecule has 0 aliphatic heterocycles. The van der Waals surface area contributed by atoms with Crippen LogP contribution in [0, 0.1) is 0 Å². The Hall–Kier alpha value is -0.870. The molecule has 1 aromatic carbocycles. The lowest BCUT2D eigenvalue weighted by molar-refractivity contribution is 0.570. The molecule has 0 fully saturated rings. The molecule has 84 valence electrons. The molecule has 0 aromatic heterocycles. The highest BCUT2D eigenvalue weighted by Crippen LogP contribution is 2.11. The Balaban J connectivity index is 2.96. The molecule has 0 unspecified atom stereocenters. The quantitative estimate of drug-likeness (QED) is 0.854. The van der Waals surface area contributed by atoms with E-state index in [1.54, 1.807) is 26.0 Å². The molecule has 1 rings (SSSR count). The third-order valence-electron chi connectivity index (χ3n) is 2.03. The maximum atomic E-state index is 11.7. The van der Waals surface area contributed by atoms with Gasteiger partial charge < -0.3 is 0 Å². The Labute approximate surface area is 91.6 Å². The smallest absolute Gasteiger partial charge is 0.209 e. The Morgan fingerprint density at radius 3 is 2.13 bits per heavy atom. The van der Waals surface area contributed by atoms with Crippen LogP contribution >= 0.6 is 0 Å². The van der Waals surface area contributed by atoms with Gasteiger partial charge in [0.05, 0.1) is 4.90 Å². The normalized spacial score (nSPS) is 12.0. The zero-order valence-electron chi connectivity index (χ0n) is 9.32. The van der Waals surface area contributed by atoms with Crippen LogP contribution in [0.4, 0.5) is 0 Å². The lowest BCUT2D eigenvalue weighted by atomic mass is 10.2. The Kier molecular flexibility index (Phi) is 3.88. The van der Waals surface area contributed by atoms with Crippen LogP contribution in [0.2, 0.25) is 0 Å². The standard InChI is InChI=1S/C11H17NO2S/c1-4-10-5-7-11(8-6-10)15(13,14)12-9(2)3/h5-9,12H,4H2,1-3H3. The Morgan fingerprint density at radius 1 is 1.20 bits per heavy atom. The number of hydrogen-bond acceptors (Lipinski definition) is 2. The molecule has 0 atom stereocenters. The summed E-state index contributed by atoms with van der Waals surface area (Å²) in [5.74, 6) is 0. The number of aryl methyl sites for hydroxylation is 1. The van der Waals surface area contributed by atoms with Crippen LogP contribution in [0.5, 0.6) is 0 Å². The van der Waals surface area contributed by atoms with Gasteiger partial charge in [-0.2, -0.15) is 0 Å². The summed E-state index contributed by atoms with van der Waals surface area (Å²) >= 11 is 0. The van der Waals surface area contributed by atoms with E-state index < -0.39 is 10.0 Å². The molecule has 0 radical (unpaired) electrons. The first-order valence-electron chi connectivity index (χ1n) is 5.07. The van der Waals surface area contributed by atoms with Gasteiger partial charge in [0.1, 0.15) is 0 Å². The minimum absolute atomic E-state index is 0.0825. The predicted octanol–water partition coefficient (Wildman–Crippen LogP) is 1.94. The van der Waals surface area contributed by atoms with Gasteiger partial charge >= 0.3 is 0 Å². The van der Waals surface area contributed by atoms with E-state index in [1.165, 1.54) is 0 Å². The lowest BCUT2D eigenvalue weighted by Gasteiger charge is -2.09. The maximum Gasteiger partial charge on any atom is 0.240 e. The fourth-order valence-electron chi connectivity index (χ4n) is 1.28. The number of hydrogen-bond donors (Lipinski definition) is 1. The van der Waals surface area contributed by atoms with Crippen molar-refractivity contribution in [3.63, 3.8) is 0 Å². The minimum Gasteiger partial charge on any atom is -0.209 e. The molecule has 0 amide bonds. The van der Waals surface area contributed by atoms with Gasteiger partial charge in [-0.25, -0.2) is 13.1 Å². The van der Waals surface area contributed by atoms with E-state index in [-0.39, 0.29) is 6.04 Å². The summed E-state index contributed by atoms with van der Waals surface area (Å²) < 4.78 is 26.0. The van der Waals surface area contributed by atoms with Gasteiger partial charge in [0.15, 0.2) is 0 Å². The van der Waals surface area contributed by atoms with E-state index in [0.717, 1.165) is 12.0 Å². The largest absolute Gasteiger partial charge is 0.240 e. The summed E-state index contributed by atoms with van der Waals surface area (Å²) in [7, 11) is -3.33. The lowest BCUT2D eigenvalue weighted by Crippen LogP contribution is -2.30. The molecule has 0 bridgehead atoms. The fraction of sp³-hybridized carbons (Fsp3) is 0.455. The average Bonchev–Trinajstić information content (AvgIpc) is 2.16. The van der Waals surface area contributed by atoms with Crippen molar-refractivity contribution in [2.24, 2.45) is 0 Å². The molecular weight excluding hydrogens is 210 g/mol. The summed E-state index contributed by atoms with van der Waals surface area (Å²) in [4.78, 5) is 0.327. The van der Waals surface area contributed by atoms with Crippen LogP contribution < -0.4 is 4.72 Å². The van der Waals surface area contributed by atoms with Crippen molar-refractivity contribution in [3.05, 3.63) is 29.8 Å². The zero-order chi connectivity index (χ0) is 11.5. The van der Waals surface area contributed by atoms with Crippen molar-refractivity contribution < 1.29 is 8.42 Å². The first kappa shape index (κ1) is 12.2. The van der Waals surface area contributed by atoms with Crippen molar-refractivity contribution in [2.75, 3.05) is 0 Å². The molecular formula is C11H17NO2S. The molecule has 0 spiro atoms.